The highest BCUT2D eigenvalue weighted by Crippen LogP contribution is 2.32. The Hall–Kier alpha value is -0.870. The number of aromatic nitrogens is 2. The molecule has 0 bridgehead atoms. The molecule has 2 aliphatic rings. The van der Waals surface area contributed by atoms with Crippen LogP contribution in [0.15, 0.2) is 0 Å². The molecule has 0 aromatic carbocycles. The van der Waals surface area contributed by atoms with Crippen molar-refractivity contribution in [3.8, 4) is 0 Å². The molecule has 2 N–H and O–H groups in total. The van der Waals surface area contributed by atoms with E-state index < -0.39 is 0 Å². The maximum absolute atomic E-state index is 5.67. The lowest BCUT2D eigenvalue weighted by atomic mass is 9.94. The molecule has 4 nitrogen and oxygen atoms in total. The van der Waals surface area contributed by atoms with Gasteiger partial charge >= 0.3 is 0 Å². The predicted octanol–water partition coefficient (Wildman–Crippen LogP) is 1.22. The smallest absolute Gasteiger partial charge is 0.110 e. The molecule has 0 unspecified atom stereocenters. The Morgan fingerprint density at radius 3 is 2.94 bits per heavy atom. The summed E-state index contributed by atoms with van der Waals surface area (Å²) in [5.41, 5.74) is 8.51. The van der Waals surface area contributed by atoms with Crippen molar-refractivity contribution in [2.24, 2.45) is 5.73 Å². The minimum Gasteiger partial charge on any atom is -0.381 e. The van der Waals surface area contributed by atoms with Crippen molar-refractivity contribution in [3.63, 3.8) is 0 Å². The van der Waals surface area contributed by atoms with E-state index in [0.29, 0.717) is 12.5 Å². The van der Waals surface area contributed by atoms with Gasteiger partial charge in [-0.25, -0.2) is 4.98 Å². The van der Waals surface area contributed by atoms with Crippen molar-refractivity contribution in [2.45, 2.75) is 44.6 Å². The lowest BCUT2D eigenvalue weighted by Crippen LogP contribution is -2.15. The van der Waals surface area contributed by atoms with E-state index in [1.807, 2.05) is 0 Å². The van der Waals surface area contributed by atoms with Crippen molar-refractivity contribution in [2.75, 3.05) is 19.8 Å². The molecule has 4 heteroatoms. The molecule has 1 aromatic rings. The first-order chi connectivity index (χ1) is 8.40. The van der Waals surface area contributed by atoms with Gasteiger partial charge in [-0.05, 0) is 32.2 Å². The van der Waals surface area contributed by atoms with Crippen LogP contribution in [0.4, 0.5) is 0 Å². The standard InChI is InChI=1S/C13H21N3O/c14-6-3-12-15-13(10-4-8-17-9-5-10)11-2-1-7-16(11)12/h10H,1-9,14H2. The number of fused-ring (bicyclic) bond motifs is 1. The molecule has 1 fully saturated rings. The lowest BCUT2D eigenvalue weighted by molar-refractivity contribution is 0.0844. The van der Waals surface area contributed by atoms with Gasteiger partial charge in [0.25, 0.3) is 0 Å². The first-order valence-electron chi connectivity index (χ1n) is 6.76. The summed E-state index contributed by atoms with van der Waals surface area (Å²) in [6.45, 7) is 3.62. The van der Waals surface area contributed by atoms with Gasteiger partial charge in [-0.15, -0.1) is 0 Å². The van der Waals surface area contributed by atoms with Crippen LogP contribution in [0.5, 0.6) is 0 Å². The summed E-state index contributed by atoms with van der Waals surface area (Å²) in [6, 6.07) is 0. The van der Waals surface area contributed by atoms with E-state index in [1.54, 1.807) is 0 Å². The average molecular weight is 235 g/mol. The first-order valence-corrected chi connectivity index (χ1v) is 6.76. The summed E-state index contributed by atoms with van der Waals surface area (Å²) in [4.78, 5) is 4.87. The van der Waals surface area contributed by atoms with Gasteiger partial charge in [-0.1, -0.05) is 0 Å². The Morgan fingerprint density at radius 1 is 1.35 bits per heavy atom. The van der Waals surface area contributed by atoms with Gasteiger partial charge in [0, 0.05) is 37.8 Å². The monoisotopic (exact) mass is 235 g/mol. The minimum absolute atomic E-state index is 0.620. The highest BCUT2D eigenvalue weighted by atomic mass is 16.5. The highest BCUT2D eigenvalue weighted by molar-refractivity contribution is 5.24. The van der Waals surface area contributed by atoms with Crippen LogP contribution in [0, 0.1) is 0 Å². The Balaban J connectivity index is 1.90. The number of rotatable bonds is 3. The molecule has 2 aliphatic heterocycles. The van der Waals surface area contributed by atoms with Gasteiger partial charge in [0.15, 0.2) is 0 Å². The molecule has 0 spiro atoms. The molecule has 1 aromatic heterocycles. The van der Waals surface area contributed by atoms with Gasteiger partial charge in [0.05, 0.1) is 5.69 Å². The molecule has 0 amide bonds. The Morgan fingerprint density at radius 2 is 2.18 bits per heavy atom. The zero-order valence-corrected chi connectivity index (χ0v) is 10.3. The molecule has 94 valence electrons. The maximum atomic E-state index is 5.67. The van der Waals surface area contributed by atoms with Crippen LogP contribution < -0.4 is 5.73 Å². The van der Waals surface area contributed by atoms with Gasteiger partial charge in [-0.3, -0.25) is 0 Å². The van der Waals surface area contributed by atoms with Crippen LogP contribution in [-0.2, 0) is 24.1 Å². The number of nitrogens with zero attached hydrogens (tertiary/aromatic N) is 2. The van der Waals surface area contributed by atoms with Crippen LogP contribution in [0.2, 0.25) is 0 Å². The summed E-state index contributed by atoms with van der Waals surface area (Å²) in [6.07, 6.45) is 5.64. The second-order valence-electron chi connectivity index (χ2n) is 5.04. The minimum atomic E-state index is 0.620. The maximum Gasteiger partial charge on any atom is 0.110 e. The Labute approximate surface area is 102 Å². The number of nitrogens with two attached hydrogens (primary N) is 1. The molecule has 0 saturated carbocycles. The zero-order chi connectivity index (χ0) is 11.7. The molecule has 0 aliphatic carbocycles. The molecule has 17 heavy (non-hydrogen) atoms. The third-order valence-corrected chi connectivity index (χ3v) is 3.95. The Bertz CT molecular complexity index is 394. The van der Waals surface area contributed by atoms with Crippen LogP contribution >= 0.6 is 0 Å². The number of hydrogen-bond donors (Lipinski definition) is 1. The van der Waals surface area contributed by atoms with Crippen molar-refractivity contribution in [1.29, 1.82) is 0 Å². The lowest BCUT2D eigenvalue weighted by Gasteiger charge is -2.21. The number of hydrogen-bond acceptors (Lipinski definition) is 3. The van der Waals surface area contributed by atoms with Gasteiger partial charge in [-0.2, -0.15) is 0 Å². The third kappa shape index (κ3) is 2.00. The summed E-state index contributed by atoms with van der Waals surface area (Å²) in [5, 5.41) is 0. The van der Waals surface area contributed by atoms with Crippen LogP contribution in [-0.4, -0.2) is 29.3 Å². The molecule has 0 radical (unpaired) electrons. The summed E-state index contributed by atoms with van der Waals surface area (Å²) in [7, 11) is 0. The summed E-state index contributed by atoms with van der Waals surface area (Å²) < 4.78 is 7.85. The van der Waals surface area contributed by atoms with Gasteiger partial charge < -0.3 is 15.0 Å². The van der Waals surface area contributed by atoms with Gasteiger partial charge in [0.2, 0.25) is 0 Å². The quantitative estimate of drug-likeness (QED) is 0.857. The van der Waals surface area contributed by atoms with Crippen LogP contribution in [0.1, 0.15) is 42.4 Å². The second kappa shape index (κ2) is 4.78. The molecule has 0 atom stereocenters. The van der Waals surface area contributed by atoms with E-state index in [9.17, 15) is 0 Å². The van der Waals surface area contributed by atoms with E-state index in [1.165, 1.54) is 30.1 Å². The number of imidazole rings is 1. The van der Waals surface area contributed by atoms with Crippen molar-refractivity contribution in [3.05, 3.63) is 17.2 Å². The van der Waals surface area contributed by atoms with Gasteiger partial charge in [0.1, 0.15) is 5.82 Å². The topological polar surface area (TPSA) is 53.1 Å². The van der Waals surface area contributed by atoms with Crippen LogP contribution in [0.25, 0.3) is 0 Å². The predicted molar refractivity (Wildman–Crippen MR) is 66.1 cm³/mol. The fraction of sp³-hybridized carbons (Fsp3) is 0.769. The third-order valence-electron chi connectivity index (χ3n) is 3.95. The van der Waals surface area contributed by atoms with Crippen molar-refractivity contribution >= 4 is 0 Å². The SMILES string of the molecule is NCCc1nc(C2CCOCC2)c2n1CCC2. The van der Waals surface area contributed by atoms with E-state index in [2.05, 4.69) is 4.57 Å². The van der Waals surface area contributed by atoms with E-state index in [4.69, 9.17) is 15.5 Å². The fourth-order valence-electron chi connectivity index (χ4n) is 3.11. The fourth-order valence-corrected chi connectivity index (χ4v) is 3.11. The zero-order valence-electron chi connectivity index (χ0n) is 10.3. The van der Waals surface area contributed by atoms with Crippen molar-refractivity contribution in [1.82, 2.24) is 9.55 Å². The molecule has 3 heterocycles. The highest BCUT2D eigenvalue weighted by Gasteiger charge is 2.27. The number of ether oxygens (including phenoxy) is 1. The van der Waals surface area contributed by atoms with E-state index >= 15 is 0 Å². The normalized spacial score (nSPS) is 20.8. The molecular formula is C13H21N3O. The van der Waals surface area contributed by atoms with Crippen molar-refractivity contribution < 1.29 is 4.74 Å². The largest absolute Gasteiger partial charge is 0.381 e. The summed E-state index contributed by atoms with van der Waals surface area (Å²) >= 11 is 0. The van der Waals surface area contributed by atoms with E-state index in [0.717, 1.165) is 39.0 Å². The average Bonchev–Trinajstić information content (AvgIpc) is 2.94. The molecule has 1 saturated heterocycles. The van der Waals surface area contributed by atoms with E-state index in [-0.39, 0.29) is 0 Å². The summed E-state index contributed by atoms with van der Waals surface area (Å²) in [5.74, 6) is 1.83. The first kappa shape index (κ1) is 11.2. The van der Waals surface area contributed by atoms with Crippen LogP contribution in [0.3, 0.4) is 0 Å². The second-order valence-corrected chi connectivity index (χ2v) is 5.04. The molecule has 3 rings (SSSR count). The Kier molecular flexibility index (Phi) is 3.16. The molecular weight excluding hydrogens is 214 g/mol.